The molecular formula is C22H19N3O4. The molecular weight excluding hydrogens is 370 g/mol. The monoisotopic (exact) mass is 389 g/mol. The predicted molar refractivity (Wildman–Crippen MR) is 107 cm³/mol. The van der Waals surface area contributed by atoms with Crippen LogP contribution in [0.5, 0.6) is 5.75 Å². The van der Waals surface area contributed by atoms with Gasteiger partial charge in [-0.3, -0.25) is 0 Å². The van der Waals surface area contributed by atoms with Gasteiger partial charge in [0.25, 0.3) is 5.89 Å². The Balaban J connectivity index is 1.67. The number of methoxy groups -OCH3 is 1. The third kappa shape index (κ3) is 3.94. The van der Waals surface area contributed by atoms with Gasteiger partial charge in [0.05, 0.1) is 23.9 Å². The van der Waals surface area contributed by atoms with Gasteiger partial charge < -0.3 is 13.9 Å². The highest BCUT2D eigenvalue weighted by atomic mass is 16.5. The first-order valence-corrected chi connectivity index (χ1v) is 9.20. The highest BCUT2D eigenvalue weighted by Gasteiger charge is 2.16. The zero-order valence-electron chi connectivity index (χ0n) is 16.1. The molecule has 0 unspecified atom stereocenters. The van der Waals surface area contributed by atoms with Crippen LogP contribution in [-0.4, -0.2) is 28.3 Å². The van der Waals surface area contributed by atoms with E-state index in [1.54, 1.807) is 13.2 Å². The molecule has 0 N–H and O–H groups in total. The number of esters is 1. The van der Waals surface area contributed by atoms with Gasteiger partial charge in [0, 0.05) is 17.4 Å². The van der Waals surface area contributed by atoms with Crippen LogP contribution < -0.4 is 4.74 Å². The molecule has 0 aliphatic heterocycles. The molecule has 0 atom stereocenters. The molecule has 0 spiro atoms. The molecule has 2 aromatic heterocycles. The fourth-order valence-corrected chi connectivity index (χ4v) is 2.95. The van der Waals surface area contributed by atoms with Crippen molar-refractivity contribution in [3.05, 3.63) is 71.9 Å². The lowest BCUT2D eigenvalue weighted by molar-refractivity contribution is 0.0439. The Morgan fingerprint density at radius 2 is 1.79 bits per heavy atom. The minimum Gasteiger partial charge on any atom is -0.497 e. The molecule has 7 nitrogen and oxygen atoms in total. The van der Waals surface area contributed by atoms with Crippen molar-refractivity contribution in [2.75, 3.05) is 7.11 Å². The average molecular weight is 389 g/mol. The highest BCUT2D eigenvalue weighted by Crippen LogP contribution is 2.27. The first-order chi connectivity index (χ1) is 14.2. The number of aromatic nitrogens is 3. The molecule has 0 amide bonds. The van der Waals surface area contributed by atoms with E-state index in [4.69, 9.17) is 13.9 Å². The molecule has 146 valence electrons. The molecule has 7 heteroatoms. The lowest BCUT2D eigenvalue weighted by Gasteiger charge is -2.10. The largest absolute Gasteiger partial charge is 0.497 e. The van der Waals surface area contributed by atoms with Gasteiger partial charge in [-0.25, -0.2) is 9.78 Å². The van der Waals surface area contributed by atoms with Crippen LogP contribution in [0.2, 0.25) is 0 Å². The van der Waals surface area contributed by atoms with Gasteiger partial charge in [0.2, 0.25) is 5.89 Å². The molecule has 4 rings (SSSR count). The van der Waals surface area contributed by atoms with E-state index in [-0.39, 0.29) is 12.5 Å². The van der Waals surface area contributed by atoms with Crippen LogP contribution in [0.3, 0.4) is 0 Å². The van der Waals surface area contributed by atoms with Crippen molar-refractivity contribution in [1.82, 2.24) is 15.2 Å². The SMILES string of the molecule is CCc1nnc(COC(=O)c2cc(-c3ccc(OC)cc3)nc3ccccc23)o1. The van der Waals surface area contributed by atoms with E-state index < -0.39 is 5.97 Å². The van der Waals surface area contributed by atoms with Crippen LogP contribution in [0.4, 0.5) is 0 Å². The number of ether oxygens (including phenoxy) is 2. The van der Waals surface area contributed by atoms with E-state index in [9.17, 15) is 4.79 Å². The maximum Gasteiger partial charge on any atom is 0.339 e. The van der Waals surface area contributed by atoms with Crippen LogP contribution in [0.1, 0.15) is 29.1 Å². The number of hydrogen-bond donors (Lipinski definition) is 0. The van der Waals surface area contributed by atoms with Crippen LogP contribution in [0.25, 0.3) is 22.2 Å². The molecule has 2 heterocycles. The Morgan fingerprint density at radius 1 is 1.03 bits per heavy atom. The van der Waals surface area contributed by atoms with E-state index in [0.717, 1.165) is 16.7 Å². The molecule has 0 saturated carbocycles. The maximum absolute atomic E-state index is 12.8. The summed E-state index contributed by atoms with van der Waals surface area (Å²) in [6, 6.07) is 16.7. The summed E-state index contributed by atoms with van der Waals surface area (Å²) in [5, 5.41) is 8.47. The van der Waals surface area contributed by atoms with E-state index in [2.05, 4.69) is 15.2 Å². The number of pyridine rings is 1. The lowest BCUT2D eigenvalue weighted by atomic mass is 10.0. The van der Waals surface area contributed by atoms with Crippen molar-refractivity contribution in [2.24, 2.45) is 0 Å². The number of carbonyl (C=O) groups is 1. The zero-order valence-corrected chi connectivity index (χ0v) is 16.1. The van der Waals surface area contributed by atoms with Gasteiger partial charge in [-0.2, -0.15) is 0 Å². The van der Waals surface area contributed by atoms with Gasteiger partial charge in [0.1, 0.15) is 5.75 Å². The summed E-state index contributed by atoms with van der Waals surface area (Å²) in [6.07, 6.45) is 0.626. The molecule has 0 aliphatic rings. The van der Waals surface area contributed by atoms with Crippen LogP contribution in [-0.2, 0) is 17.8 Å². The van der Waals surface area contributed by atoms with Gasteiger partial charge in [-0.1, -0.05) is 25.1 Å². The van der Waals surface area contributed by atoms with E-state index in [1.165, 1.54) is 0 Å². The third-order valence-corrected chi connectivity index (χ3v) is 4.46. The number of hydrogen-bond acceptors (Lipinski definition) is 7. The maximum atomic E-state index is 12.8. The number of rotatable bonds is 6. The highest BCUT2D eigenvalue weighted by molar-refractivity contribution is 6.04. The van der Waals surface area contributed by atoms with Crippen LogP contribution in [0, 0.1) is 0 Å². The van der Waals surface area contributed by atoms with Crippen molar-refractivity contribution in [1.29, 1.82) is 0 Å². The number of benzene rings is 2. The fourth-order valence-electron chi connectivity index (χ4n) is 2.95. The minimum atomic E-state index is -0.477. The summed E-state index contributed by atoms with van der Waals surface area (Å²) < 4.78 is 16.0. The van der Waals surface area contributed by atoms with E-state index >= 15 is 0 Å². The Bertz CT molecular complexity index is 1150. The van der Waals surface area contributed by atoms with Crippen molar-refractivity contribution in [2.45, 2.75) is 20.0 Å². The predicted octanol–water partition coefficient (Wildman–Crippen LogP) is 4.21. The van der Waals surface area contributed by atoms with Gasteiger partial charge in [-0.05, 0) is 36.4 Å². The standard InChI is InChI=1S/C22H19N3O4/c1-3-20-24-25-21(29-20)13-28-22(26)17-12-19(14-8-10-15(27-2)11-9-14)23-18-7-5-4-6-16(17)18/h4-12H,3,13H2,1-2H3. The number of carbonyl (C=O) groups excluding carboxylic acids is 1. The lowest BCUT2D eigenvalue weighted by Crippen LogP contribution is -2.07. The molecule has 0 fully saturated rings. The van der Waals surface area contributed by atoms with Crippen molar-refractivity contribution >= 4 is 16.9 Å². The third-order valence-electron chi connectivity index (χ3n) is 4.46. The quantitative estimate of drug-likeness (QED) is 0.456. The summed E-state index contributed by atoms with van der Waals surface area (Å²) in [5.41, 5.74) is 2.68. The summed E-state index contributed by atoms with van der Waals surface area (Å²) in [4.78, 5) is 17.5. The normalized spacial score (nSPS) is 10.8. The van der Waals surface area contributed by atoms with Gasteiger partial charge in [0.15, 0.2) is 6.61 Å². The summed E-state index contributed by atoms with van der Waals surface area (Å²) in [7, 11) is 1.62. The fraction of sp³-hybridized carbons (Fsp3) is 0.182. The second-order valence-corrected chi connectivity index (χ2v) is 6.32. The Labute approximate surface area is 167 Å². The molecule has 2 aromatic carbocycles. The number of fused-ring (bicyclic) bond motifs is 1. The van der Waals surface area contributed by atoms with E-state index in [1.807, 2.05) is 55.5 Å². The first kappa shape index (κ1) is 18.6. The van der Waals surface area contributed by atoms with Crippen LogP contribution >= 0.6 is 0 Å². The summed E-state index contributed by atoms with van der Waals surface area (Å²) in [5.74, 6) is 1.05. The Hall–Kier alpha value is -3.74. The summed E-state index contributed by atoms with van der Waals surface area (Å²) >= 11 is 0. The van der Waals surface area contributed by atoms with Crippen molar-refractivity contribution < 1.29 is 18.7 Å². The van der Waals surface area contributed by atoms with Crippen LogP contribution in [0.15, 0.2) is 59.0 Å². The van der Waals surface area contributed by atoms with Crippen molar-refractivity contribution in [3.63, 3.8) is 0 Å². The smallest absolute Gasteiger partial charge is 0.339 e. The molecule has 29 heavy (non-hydrogen) atoms. The molecule has 0 radical (unpaired) electrons. The van der Waals surface area contributed by atoms with E-state index in [0.29, 0.717) is 29.1 Å². The number of para-hydroxylation sites is 1. The summed E-state index contributed by atoms with van der Waals surface area (Å²) in [6.45, 7) is 1.83. The Morgan fingerprint density at radius 3 is 2.52 bits per heavy atom. The second-order valence-electron chi connectivity index (χ2n) is 6.32. The van der Waals surface area contributed by atoms with Crippen molar-refractivity contribution in [3.8, 4) is 17.0 Å². The average Bonchev–Trinajstić information content (AvgIpc) is 3.25. The topological polar surface area (TPSA) is 87.3 Å². The second kappa shape index (κ2) is 8.10. The van der Waals surface area contributed by atoms with Gasteiger partial charge in [-0.15, -0.1) is 10.2 Å². The molecule has 0 aliphatic carbocycles. The minimum absolute atomic E-state index is 0.0830. The first-order valence-electron chi connectivity index (χ1n) is 9.20. The molecule has 0 bridgehead atoms. The molecule has 4 aromatic rings. The molecule has 0 saturated heterocycles. The number of aryl methyl sites for hydroxylation is 1. The number of nitrogens with zero attached hydrogens (tertiary/aromatic N) is 3. The van der Waals surface area contributed by atoms with Gasteiger partial charge >= 0.3 is 5.97 Å². The Kier molecular flexibility index (Phi) is 5.20. The zero-order chi connectivity index (χ0) is 20.2.